The van der Waals surface area contributed by atoms with E-state index >= 15 is 0 Å². The summed E-state index contributed by atoms with van der Waals surface area (Å²) in [6.45, 7) is 6.13. The highest BCUT2D eigenvalue weighted by Crippen LogP contribution is 2.71. The standard InChI is InChI=1S/C39H58N4O10/c1-23(44)52-30-21-39(50)28-13-12-25-20-26(15-17-37(25,2)27(28)16-18-38(39,3)34(30)24-11-14-32(46)51-22-24)53-33(47)10-6-4-5-9-31(45)43-29(35(48)49)8-7-19-42-36(40)41/h11,14,22,25-30,34,50H,4-10,12-13,15-21H2,1-3H3,(H,43,45)(H,48,49)(H4,40,41,42). The fourth-order valence-electron chi connectivity index (χ4n) is 10.8. The van der Waals surface area contributed by atoms with Crippen LogP contribution in [0.5, 0.6) is 0 Å². The first-order valence-corrected chi connectivity index (χ1v) is 19.3. The normalized spacial score (nSPS) is 33.7. The number of carboxylic acids is 1. The van der Waals surface area contributed by atoms with Gasteiger partial charge in [-0.25, -0.2) is 9.59 Å². The van der Waals surface area contributed by atoms with Crippen molar-refractivity contribution in [2.24, 2.45) is 45.0 Å². The van der Waals surface area contributed by atoms with E-state index in [1.54, 1.807) is 6.07 Å². The van der Waals surface area contributed by atoms with Crippen LogP contribution in [0.15, 0.2) is 32.6 Å². The van der Waals surface area contributed by atoms with E-state index in [4.69, 9.17) is 25.4 Å². The minimum absolute atomic E-state index is 0.0217. The maximum absolute atomic E-state index is 12.9. The van der Waals surface area contributed by atoms with Crippen LogP contribution in [0.4, 0.5) is 0 Å². The minimum Gasteiger partial charge on any atom is -0.480 e. The van der Waals surface area contributed by atoms with Gasteiger partial charge in [-0.1, -0.05) is 20.3 Å². The molecule has 7 N–H and O–H groups in total. The summed E-state index contributed by atoms with van der Waals surface area (Å²) >= 11 is 0. The molecule has 0 saturated heterocycles. The predicted molar refractivity (Wildman–Crippen MR) is 194 cm³/mol. The first-order valence-electron chi connectivity index (χ1n) is 19.3. The SMILES string of the molecule is CC(=O)OC1CC2(O)C3CCC4CC(OC(=O)CCCCCC(=O)NC(CCCN=C(N)N)C(=O)O)CCC4(C)C3CCC2(C)C1c1ccc(=O)oc1. The third kappa shape index (κ3) is 8.73. The van der Waals surface area contributed by atoms with Gasteiger partial charge in [0.1, 0.15) is 18.2 Å². The number of aliphatic hydroxyl groups is 1. The molecule has 0 spiro atoms. The highest BCUT2D eigenvalue weighted by Gasteiger charge is 2.70. The maximum Gasteiger partial charge on any atom is 0.335 e. The first-order chi connectivity index (χ1) is 25.1. The Morgan fingerprint density at radius 2 is 1.75 bits per heavy atom. The van der Waals surface area contributed by atoms with Crippen molar-refractivity contribution in [1.29, 1.82) is 0 Å². The zero-order valence-corrected chi connectivity index (χ0v) is 31.3. The van der Waals surface area contributed by atoms with E-state index in [1.807, 2.05) is 0 Å². The summed E-state index contributed by atoms with van der Waals surface area (Å²) < 4.78 is 17.1. The largest absolute Gasteiger partial charge is 0.480 e. The molecule has 0 radical (unpaired) electrons. The third-order valence-electron chi connectivity index (χ3n) is 13.4. The zero-order valence-electron chi connectivity index (χ0n) is 31.3. The molecule has 4 aliphatic rings. The molecule has 14 heteroatoms. The summed E-state index contributed by atoms with van der Waals surface area (Å²) in [5.41, 5.74) is 9.21. The lowest BCUT2D eigenvalue weighted by atomic mass is 9.43. The van der Waals surface area contributed by atoms with Crippen molar-refractivity contribution in [2.45, 2.75) is 147 Å². The summed E-state index contributed by atoms with van der Waals surface area (Å²) in [4.78, 5) is 64.5. The number of ether oxygens (including phenoxy) is 2. The van der Waals surface area contributed by atoms with Crippen molar-refractivity contribution in [3.05, 3.63) is 34.4 Å². The van der Waals surface area contributed by atoms with Gasteiger partial charge in [0.2, 0.25) is 5.91 Å². The molecule has 14 nitrogen and oxygen atoms in total. The Bertz CT molecular complexity index is 1570. The van der Waals surface area contributed by atoms with Crippen LogP contribution >= 0.6 is 0 Å². The summed E-state index contributed by atoms with van der Waals surface area (Å²) in [6, 6.07) is 2.11. The lowest BCUT2D eigenvalue weighted by molar-refractivity contribution is -0.207. The molecule has 0 bridgehead atoms. The highest BCUT2D eigenvalue weighted by molar-refractivity contribution is 5.83. The van der Waals surface area contributed by atoms with Crippen LogP contribution in [0, 0.1) is 28.6 Å². The van der Waals surface area contributed by atoms with Crippen molar-refractivity contribution in [2.75, 3.05) is 6.54 Å². The number of carboxylic acid groups (broad SMARTS) is 1. The Kier molecular flexibility index (Phi) is 12.6. The average Bonchev–Trinajstić information content (AvgIpc) is 3.31. The molecule has 1 aromatic heterocycles. The van der Waals surface area contributed by atoms with Crippen LogP contribution in [0.25, 0.3) is 0 Å². The number of hydrogen-bond acceptors (Lipinski definition) is 10. The number of carbonyl (C=O) groups excluding carboxylic acids is 3. The molecule has 1 heterocycles. The number of guanidine groups is 1. The summed E-state index contributed by atoms with van der Waals surface area (Å²) in [7, 11) is 0. The van der Waals surface area contributed by atoms with Crippen molar-refractivity contribution < 1.29 is 43.3 Å². The van der Waals surface area contributed by atoms with E-state index in [-0.39, 0.29) is 72.9 Å². The number of aliphatic carboxylic acids is 1. The number of nitrogens with zero attached hydrogens (tertiary/aromatic N) is 1. The van der Waals surface area contributed by atoms with Gasteiger partial charge in [0, 0.05) is 50.1 Å². The first kappa shape index (κ1) is 40.2. The fourth-order valence-corrected chi connectivity index (χ4v) is 10.8. The Balaban J connectivity index is 1.10. The van der Waals surface area contributed by atoms with E-state index in [2.05, 4.69) is 24.2 Å². The van der Waals surface area contributed by atoms with Gasteiger partial charge in [-0.05, 0) is 105 Å². The van der Waals surface area contributed by atoms with Crippen molar-refractivity contribution in [1.82, 2.24) is 5.32 Å². The van der Waals surface area contributed by atoms with Gasteiger partial charge in [-0.2, -0.15) is 0 Å². The molecule has 1 amide bonds. The molecule has 10 unspecified atom stereocenters. The number of unbranched alkanes of at least 4 members (excludes halogenated alkanes) is 2. The second-order valence-corrected chi connectivity index (χ2v) is 16.4. The fraction of sp³-hybridized carbons (Fsp3) is 0.744. The number of nitrogens with one attached hydrogen (secondary N) is 1. The molecule has 4 saturated carbocycles. The van der Waals surface area contributed by atoms with Gasteiger partial charge in [-0.15, -0.1) is 0 Å². The monoisotopic (exact) mass is 742 g/mol. The number of fused-ring (bicyclic) bond motifs is 5. The highest BCUT2D eigenvalue weighted by atomic mass is 16.5. The van der Waals surface area contributed by atoms with Gasteiger partial charge in [0.05, 0.1) is 11.9 Å². The van der Waals surface area contributed by atoms with E-state index in [1.165, 1.54) is 19.3 Å². The van der Waals surface area contributed by atoms with Crippen LogP contribution in [-0.4, -0.2) is 70.4 Å². The summed E-state index contributed by atoms with van der Waals surface area (Å²) in [5, 5.41) is 24.7. The Labute approximate surface area is 310 Å². The number of esters is 2. The second-order valence-electron chi connectivity index (χ2n) is 16.4. The number of amides is 1. The number of aliphatic imine (C=N–C) groups is 1. The Hall–Kier alpha value is -3.94. The van der Waals surface area contributed by atoms with Crippen molar-refractivity contribution in [3.63, 3.8) is 0 Å². The number of nitrogens with two attached hydrogens (primary N) is 2. The topological polar surface area (TPSA) is 234 Å². The smallest absolute Gasteiger partial charge is 0.335 e. The third-order valence-corrected chi connectivity index (χ3v) is 13.4. The lowest BCUT2D eigenvalue weighted by Gasteiger charge is -2.63. The van der Waals surface area contributed by atoms with E-state index < -0.39 is 40.7 Å². The average molecular weight is 743 g/mol. The van der Waals surface area contributed by atoms with Crippen LogP contribution in [-0.2, 0) is 28.7 Å². The lowest BCUT2D eigenvalue weighted by Crippen LogP contribution is -2.62. The van der Waals surface area contributed by atoms with Crippen LogP contribution in [0.1, 0.15) is 129 Å². The Morgan fingerprint density at radius 1 is 1.00 bits per heavy atom. The number of rotatable bonds is 15. The molecule has 294 valence electrons. The number of hydrogen-bond donors (Lipinski definition) is 5. The van der Waals surface area contributed by atoms with Crippen LogP contribution in [0.3, 0.4) is 0 Å². The molecule has 10 atom stereocenters. The van der Waals surface area contributed by atoms with Gasteiger partial charge in [0.15, 0.2) is 5.96 Å². The second kappa shape index (κ2) is 16.6. The molecule has 5 rings (SSSR count). The van der Waals surface area contributed by atoms with E-state index in [0.717, 1.165) is 50.5 Å². The predicted octanol–water partition coefficient (Wildman–Crippen LogP) is 3.91. The molecular formula is C39H58N4O10. The molecule has 4 fully saturated rings. The van der Waals surface area contributed by atoms with E-state index in [9.17, 15) is 34.2 Å². The minimum atomic E-state index is -1.11. The maximum atomic E-state index is 12.9. The Morgan fingerprint density at radius 3 is 2.43 bits per heavy atom. The number of carbonyl (C=O) groups is 4. The van der Waals surface area contributed by atoms with Gasteiger partial charge in [-0.3, -0.25) is 19.4 Å². The molecule has 0 aliphatic heterocycles. The molecule has 0 aromatic carbocycles. The van der Waals surface area contributed by atoms with Gasteiger partial charge < -0.3 is 40.9 Å². The molecule has 1 aromatic rings. The van der Waals surface area contributed by atoms with Gasteiger partial charge in [0.25, 0.3) is 0 Å². The summed E-state index contributed by atoms with van der Waals surface area (Å²) in [6.07, 6.45) is 9.76. The van der Waals surface area contributed by atoms with Crippen LogP contribution in [0.2, 0.25) is 0 Å². The van der Waals surface area contributed by atoms with Crippen molar-refractivity contribution >= 4 is 29.8 Å². The van der Waals surface area contributed by atoms with Crippen molar-refractivity contribution in [3.8, 4) is 0 Å². The molecular weight excluding hydrogens is 684 g/mol. The molecule has 53 heavy (non-hydrogen) atoms. The van der Waals surface area contributed by atoms with Gasteiger partial charge >= 0.3 is 23.5 Å². The zero-order chi connectivity index (χ0) is 38.6. The summed E-state index contributed by atoms with van der Waals surface area (Å²) in [5.74, 6) is -1.82. The quantitative estimate of drug-likeness (QED) is 0.0745. The van der Waals surface area contributed by atoms with E-state index in [0.29, 0.717) is 38.0 Å². The molecule has 4 aliphatic carbocycles. The van der Waals surface area contributed by atoms with Crippen LogP contribution < -0.4 is 22.4 Å².